The van der Waals surface area contributed by atoms with Gasteiger partial charge in [-0.15, -0.1) is 0 Å². The summed E-state index contributed by atoms with van der Waals surface area (Å²) in [5.74, 6) is -0.467. The summed E-state index contributed by atoms with van der Waals surface area (Å²) in [6, 6.07) is 10.8. The second-order valence-electron chi connectivity index (χ2n) is 5.57. The van der Waals surface area contributed by atoms with Crippen LogP contribution in [0.4, 0.5) is 19.0 Å². The van der Waals surface area contributed by atoms with E-state index in [-0.39, 0.29) is 18.1 Å². The zero-order chi connectivity index (χ0) is 16.4. The molecular weight excluding hydrogens is 327 g/mol. The summed E-state index contributed by atoms with van der Waals surface area (Å²) < 4.78 is 38.9. The molecule has 0 aliphatic carbocycles. The lowest BCUT2D eigenvalue weighted by Gasteiger charge is -2.34. The SMILES string of the molecule is FC(F)(F)C1CCCN(c2cc(Cl)nc(-c3ccccc3)n2)C1. The third-order valence-electron chi connectivity index (χ3n) is 3.92. The Bertz CT molecular complexity index is 676. The molecule has 0 saturated carbocycles. The van der Waals surface area contributed by atoms with Gasteiger partial charge in [0.2, 0.25) is 0 Å². The Morgan fingerprint density at radius 3 is 2.57 bits per heavy atom. The van der Waals surface area contributed by atoms with Crippen LogP contribution < -0.4 is 4.90 Å². The molecule has 0 spiro atoms. The normalized spacial score (nSPS) is 19.0. The standard InChI is InChI=1S/C16H15ClF3N3/c17-13-9-14(22-15(21-13)11-5-2-1-3-6-11)23-8-4-7-12(10-23)16(18,19)20/h1-3,5-6,9,12H,4,7-8,10H2. The molecule has 0 bridgehead atoms. The maximum Gasteiger partial charge on any atom is 0.393 e. The predicted octanol–water partition coefficient (Wildman–Crippen LogP) is 4.58. The lowest BCUT2D eigenvalue weighted by atomic mass is 9.97. The fourth-order valence-corrected chi connectivity index (χ4v) is 2.91. The second-order valence-corrected chi connectivity index (χ2v) is 5.95. The molecule has 1 aromatic carbocycles. The topological polar surface area (TPSA) is 29.0 Å². The van der Waals surface area contributed by atoms with Crippen LogP contribution in [0.15, 0.2) is 36.4 Å². The monoisotopic (exact) mass is 341 g/mol. The van der Waals surface area contributed by atoms with E-state index < -0.39 is 12.1 Å². The van der Waals surface area contributed by atoms with E-state index in [9.17, 15) is 13.2 Å². The molecule has 2 aromatic rings. The highest BCUT2D eigenvalue weighted by molar-refractivity contribution is 6.29. The zero-order valence-electron chi connectivity index (χ0n) is 12.2. The van der Waals surface area contributed by atoms with Gasteiger partial charge in [-0.05, 0) is 12.8 Å². The number of piperidine rings is 1. The van der Waals surface area contributed by atoms with E-state index in [4.69, 9.17) is 11.6 Å². The zero-order valence-corrected chi connectivity index (χ0v) is 13.0. The maximum atomic E-state index is 13.0. The maximum absolute atomic E-state index is 13.0. The first-order valence-corrected chi connectivity index (χ1v) is 7.73. The van der Waals surface area contributed by atoms with Crippen molar-refractivity contribution in [3.05, 3.63) is 41.6 Å². The number of hydrogen-bond donors (Lipinski definition) is 0. The van der Waals surface area contributed by atoms with Gasteiger partial charge in [0.1, 0.15) is 11.0 Å². The quantitative estimate of drug-likeness (QED) is 0.749. The highest BCUT2D eigenvalue weighted by Crippen LogP contribution is 2.35. The molecule has 7 heteroatoms. The van der Waals surface area contributed by atoms with Crippen LogP contribution in [0.1, 0.15) is 12.8 Å². The summed E-state index contributed by atoms with van der Waals surface area (Å²) in [6.45, 7) is 0.444. The smallest absolute Gasteiger partial charge is 0.356 e. The summed E-state index contributed by atoms with van der Waals surface area (Å²) in [7, 11) is 0. The average Bonchev–Trinajstić information content (AvgIpc) is 2.54. The van der Waals surface area contributed by atoms with E-state index in [1.807, 2.05) is 30.3 Å². The first kappa shape index (κ1) is 16.1. The number of hydrogen-bond acceptors (Lipinski definition) is 3. The van der Waals surface area contributed by atoms with Crippen molar-refractivity contribution >= 4 is 17.4 Å². The summed E-state index contributed by atoms with van der Waals surface area (Å²) in [4.78, 5) is 10.2. The second kappa shape index (κ2) is 6.35. The van der Waals surface area contributed by atoms with E-state index in [1.54, 1.807) is 4.90 Å². The minimum Gasteiger partial charge on any atom is -0.356 e. The molecule has 2 heterocycles. The van der Waals surface area contributed by atoms with Crippen molar-refractivity contribution < 1.29 is 13.2 Å². The molecule has 1 fully saturated rings. The van der Waals surface area contributed by atoms with Crippen molar-refractivity contribution in [1.29, 1.82) is 0 Å². The van der Waals surface area contributed by atoms with Crippen molar-refractivity contribution in [1.82, 2.24) is 9.97 Å². The van der Waals surface area contributed by atoms with Crippen LogP contribution in [0.25, 0.3) is 11.4 Å². The van der Waals surface area contributed by atoms with Crippen LogP contribution in [0.3, 0.4) is 0 Å². The van der Waals surface area contributed by atoms with Crippen molar-refractivity contribution in [2.45, 2.75) is 19.0 Å². The van der Waals surface area contributed by atoms with Gasteiger partial charge >= 0.3 is 6.18 Å². The summed E-state index contributed by atoms with van der Waals surface area (Å²) >= 11 is 6.05. The molecule has 1 atom stereocenters. The van der Waals surface area contributed by atoms with Crippen molar-refractivity contribution in [2.24, 2.45) is 5.92 Å². The van der Waals surface area contributed by atoms with Crippen LogP contribution >= 0.6 is 11.6 Å². The fraction of sp³-hybridized carbons (Fsp3) is 0.375. The number of rotatable bonds is 2. The largest absolute Gasteiger partial charge is 0.393 e. The molecule has 1 aliphatic rings. The lowest BCUT2D eigenvalue weighted by Crippen LogP contribution is -2.42. The molecular formula is C16H15ClF3N3. The minimum atomic E-state index is -4.18. The molecule has 1 saturated heterocycles. The van der Waals surface area contributed by atoms with Crippen LogP contribution in [-0.2, 0) is 0 Å². The van der Waals surface area contributed by atoms with Gasteiger partial charge in [-0.1, -0.05) is 41.9 Å². The first-order valence-electron chi connectivity index (χ1n) is 7.35. The van der Waals surface area contributed by atoms with Gasteiger partial charge in [0.05, 0.1) is 5.92 Å². The van der Waals surface area contributed by atoms with Gasteiger partial charge in [-0.3, -0.25) is 0 Å². The highest BCUT2D eigenvalue weighted by Gasteiger charge is 2.42. The number of benzene rings is 1. The number of alkyl halides is 3. The van der Waals surface area contributed by atoms with E-state index >= 15 is 0 Å². The van der Waals surface area contributed by atoms with Crippen molar-refractivity contribution in [2.75, 3.05) is 18.0 Å². The van der Waals surface area contributed by atoms with Gasteiger partial charge in [-0.2, -0.15) is 13.2 Å². The molecule has 3 nitrogen and oxygen atoms in total. The Morgan fingerprint density at radius 1 is 1.13 bits per heavy atom. The molecule has 0 N–H and O–H groups in total. The van der Waals surface area contributed by atoms with Crippen LogP contribution in [0, 0.1) is 5.92 Å². The number of anilines is 1. The summed E-state index contributed by atoms with van der Waals surface area (Å²) in [6.07, 6.45) is -3.55. The Kier molecular flexibility index (Phi) is 4.43. The number of aromatic nitrogens is 2. The molecule has 1 aromatic heterocycles. The van der Waals surface area contributed by atoms with Gasteiger partial charge in [-0.25, -0.2) is 9.97 Å². The summed E-state index contributed by atoms with van der Waals surface area (Å²) in [5.41, 5.74) is 0.778. The lowest BCUT2D eigenvalue weighted by molar-refractivity contribution is -0.176. The van der Waals surface area contributed by atoms with E-state index in [0.29, 0.717) is 24.6 Å². The number of halogens is 4. The first-order chi connectivity index (χ1) is 10.9. The molecule has 0 amide bonds. The van der Waals surface area contributed by atoms with E-state index in [2.05, 4.69) is 9.97 Å². The minimum absolute atomic E-state index is 0.0922. The number of nitrogens with zero attached hydrogens (tertiary/aromatic N) is 3. The Morgan fingerprint density at radius 2 is 1.87 bits per heavy atom. The Hall–Kier alpha value is -1.82. The Labute approximate surface area is 137 Å². The van der Waals surface area contributed by atoms with Gasteiger partial charge in [0.25, 0.3) is 0 Å². The molecule has 0 radical (unpaired) electrons. The highest BCUT2D eigenvalue weighted by atomic mass is 35.5. The van der Waals surface area contributed by atoms with Gasteiger partial charge in [0.15, 0.2) is 5.82 Å². The molecule has 3 rings (SSSR count). The van der Waals surface area contributed by atoms with Crippen LogP contribution in [-0.4, -0.2) is 29.2 Å². The van der Waals surface area contributed by atoms with Gasteiger partial charge in [0, 0.05) is 24.7 Å². The van der Waals surface area contributed by atoms with E-state index in [1.165, 1.54) is 6.07 Å². The van der Waals surface area contributed by atoms with Crippen LogP contribution in [0.5, 0.6) is 0 Å². The van der Waals surface area contributed by atoms with Gasteiger partial charge < -0.3 is 4.90 Å². The summed E-state index contributed by atoms with van der Waals surface area (Å²) in [5, 5.41) is 0.225. The fourth-order valence-electron chi connectivity index (χ4n) is 2.74. The molecule has 1 unspecified atom stereocenters. The third-order valence-corrected chi connectivity index (χ3v) is 4.12. The predicted molar refractivity (Wildman–Crippen MR) is 83.5 cm³/mol. The molecule has 23 heavy (non-hydrogen) atoms. The molecule has 122 valence electrons. The van der Waals surface area contributed by atoms with Crippen LogP contribution in [0.2, 0.25) is 5.15 Å². The van der Waals surface area contributed by atoms with Crippen molar-refractivity contribution in [3.63, 3.8) is 0 Å². The molecule has 1 aliphatic heterocycles. The van der Waals surface area contributed by atoms with Crippen molar-refractivity contribution in [3.8, 4) is 11.4 Å². The average molecular weight is 342 g/mol. The third kappa shape index (κ3) is 3.75. The van der Waals surface area contributed by atoms with E-state index in [0.717, 1.165) is 5.56 Å². The Balaban J connectivity index is 1.89.